The molecule has 0 radical (unpaired) electrons. The van der Waals surface area contributed by atoms with Crippen molar-refractivity contribution in [2.75, 3.05) is 14.1 Å². The molecule has 0 amide bonds. The van der Waals surface area contributed by atoms with Gasteiger partial charge in [-0.05, 0) is 18.6 Å². The molecule has 0 saturated carbocycles. The number of aliphatic imine (C=N–C) groups is 3. The van der Waals surface area contributed by atoms with Crippen molar-refractivity contribution in [3.05, 3.63) is 66.1 Å². The van der Waals surface area contributed by atoms with Crippen LogP contribution < -0.4 is 0 Å². The maximum atomic E-state index is 14.4. The standard InChI is InChI=1S/C26H22F5N9/c1-4-20(19-10-32-22(38-19)16-6-5-15(27)7-18(16)28)40-11-17(14-8-33-25(34-9-14)26(29,30)31)21-23(37-13-39(2)3)35-12-36-24(21)40/h5-13,20,22H,4H2,1-3H3/b37-13-. The van der Waals surface area contributed by atoms with Crippen molar-refractivity contribution in [3.8, 4) is 11.1 Å². The molecule has 1 aliphatic heterocycles. The molecule has 0 saturated heterocycles. The van der Waals surface area contributed by atoms with Gasteiger partial charge in [0.15, 0.2) is 12.0 Å². The summed E-state index contributed by atoms with van der Waals surface area (Å²) in [4.78, 5) is 30.8. The minimum atomic E-state index is -4.69. The third-order valence-corrected chi connectivity index (χ3v) is 6.14. The van der Waals surface area contributed by atoms with E-state index >= 15 is 0 Å². The van der Waals surface area contributed by atoms with Gasteiger partial charge in [-0.25, -0.2) is 33.7 Å². The van der Waals surface area contributed by atoms with Gasteiger partial charge in [0.05, 0.1) is 23.5 Å². The van der Waals surface area contributed by atoms with Crippen molar-refractivity contribution in [2.45, 2.75) is 31.7 Å². The summed E-state index contributed by atoms with van der Waals surface area (Å²) in [5.74, 6) is -2.43. The van der Waals surface area contributed by atoms with Gasteiger partial charge in [-0.1, -0.05) is 6.92 Å². The second kappa shape index (κ2) is 10.5. The van der Waals surface area contributed by atoms with Crippen LogP contribution in [0.5, 0.6) is 0 Å². The van der Waals surface area contributed by atoms with Crippen LogP contribution >= 0.6 is 0 Å². The highest BCUT2D eigenvalue weighted by Gasteiger charge is 2.34. The molecule has 2 unspecified atom stereocenters. The summed E-state index contributed by atoms with van der Waals surface area (Å²) >= 11 is 0. The number of alkyl halides is 3. The Morgan fingerprint density at radius 2 is 1.85 bits per heavy atom. The van der Waals surface area contributed by atoms with Crippen LogP contribution in [0.2, 0.25) is 0 Å². The molecular formula is C26H22F5N9. The van der Waals surface area contributed by atoms with Crippen molar-refractivity contribution >= 4 is 35.1 Å². The normalized spacial score (nSPS) is 16.2. The fraction of sp³-hybridized carbons (Fsp3) is 0.269. The van der Waals surface area contributed by atoms with Gasteiger partial charge in [0.25, 0.3) is 0 Å². The molecule has 4 heterocycles. The van der Waals surface area contributed by atoms with E-state index in [0.29, 0.717) is 34.3 Å². The van der Waals surface area contributed by atoms with Gasteiger partial charge in [0, 0.05) is 61.7 Å². The predicted molar refractivity (Wildman–Crippen MR) is 140 cm³/mol. The van der Waals surface area contributed by atoms with Gasteiger partial charge in [0.1, 0.15) is 23.6 Å². The Labute approximate surface area is 224 Å². The first kappa shape index (κ1) is 27.0. The van der Waals surface area contributed by atoms with Gasteiger partial charge in [-0.15, -0.1) is 0 Å². The second-order valence-electron chi connectivity index (χ2n) is 9.14. The third kappa shape index (κ3) is 5.16. The Kier molecular flexibility index (Phi) is 7.08. The summed E-state index contributed by atoms with van der Waals surface area (Å²) < 4.78 is 68.9. The number of hydrogen-bond acceptors (Lipinski definition) is 7. The number of halogens is 5. The van der Waals surface area contributed by atoms with E-state index in [1.54, 1.807) is 36.1 Å². The van der Waals surface area contributed by atoms with Gasteiger partial charge >= 0.3 is 6.18 Å². The van der Waals surface area contributed by atoms with Crippen LogP contribution in [0.3, 0.4) is 0 Å². The van der Waals surface area contributed by atoms with Crippen LogP contribution in [0.15, 0.2) is 58.1 Å². The zero-order chi connectivity index (χ0) is 28.6. The summed E-state index contributed by atoms with van der Waals surface area (Å²) in [6.45, 7) is 1.91. The Bertz CT molecular complexity index is 1640. The molecular weight excluding hydrogens is 533 g/mol. The van der Waals surface area contributed by atoms with Crippen LogP contribution in [-0.4, -0.2) is 61.8 Å². The molecule has 0 bridgehead atoms. The molecule has 14 heteroatoms. The highest BCUT2D eigenvalue weighted by Crippen LogP contribution is 2.38. The van der Waals surface area contributed by atoms with E-state index in [4.69, 9.17) is 0 Å². The molecule has 206 valence electrons. The summed E-state index contributed by atoms with van der Waals surface area (Å²) in [5, 5.41) is 0.471. The number of nitrogens with zero attached hydrogens (tertiary/aromatic N) is 9. The average molecular weight is 556 g/mol. The van der Waals surface area contributed by atoms with Crippen molar-refractivity contribution in [3.63, 3.8) is 0 Å². The van der Waals surface area contributed by atoms with Crippen molar-refractivity contribution < 1.29 is 22.0 Å². The molecule has 2 atom stereocenters. The summed E-state index contributed by atoms with van der Waals surface area (Å²) in [7, 11) is 3.56. The van der Waals surface area contributed by atoms with Crippen LogP contribution in [0.1, 0.15) is 36.9 Å². The first-order valence-electron chi connectivity index (χ1n) is 12.1. The summed E-state index contributed by atoms with van der Waals surface area (Å²) in [6.07, 6.45) is 3.22. The van der Waals surface area contributed by atoms with E-state index < -0.39 is 35.8 Å². The number of benzene rings is 1. The molecule has 5 rings (SSSR count). The summed E-state index contributed by atoms with van der Waals surface area (Å²) in [5.41, 5.74) is 1.85. The van der Waals surface area contributed by atoms with E-state index in [0.717, 1.165) is 24.5 Å². The van der Waals surface area contributed by atoms with Gasteiger partial charge in [-0.3, -0.25) is 9.98 Å². The molecule has 1 aliphatic rings. The first-order valence-corrected chi connectivity index (χ1v) is 12.1. The smallest absolute Gasteiger partial charge is 0.369 e. The first-order chi connectivity index (χ1) is 19.1. The molecule has 0 N–H and O–H groups in total. The number of aromatic nitrogens is 5. The molecule has 9 nitrogen and oxygen atoms in total. The molecule has 4 aromatic rings. The predicted octanol–water partition coefficient (Wildman–Crippen LogP) is 5.58. The quantitative estimate of drug-likeness (QED) is 0.169. The molecule has 1 aromatic carbocycles. The lowest BCUT2D eigenvalue weighted by Crippen LogP contribution is -2.18. The third-order valence-electron chi connectivity index (χ3n) is 6.14. The zero-order valence-electron chi connectivity index (χ0n) is 21.5. The van der Waals surface area contributed by atoms with Gasteiger partial charge < -0.3 is 9.47 Å². The van der Waals surface area contributed by atoms with E-state index in [2.05, 4.69) is 34.9 Å². The van der Waals surface area contributed by atoms with E-state index in [-0.39, 0.29) is 11.4 Å². The van der Waals surface area contributed by atoms with Crippen LogP contribution in [0.4, 0.5) is 27.8 Å². The minimum absolute atomic E-state index is 0.130. The van der Waals surface area contributed by atoms with Crippen molar-refractivity contribution in [1.82, 2.24) is 29.4 Å². The molecule has 0 fully saturated rings. The van der Waals surface area contributed by atoms with E-state index in [1.807, 2.05) is 6.92 Å². The molecule has 0 spiro atoms. The fourth-order valence-corrected chi connectivity index (χ4v) is 4.34. The Hall–Kier alpha value is -4.62. The molecule has 3 aromatic heterocycles. The minimum Gasteiger partial charge on any atom is -0.369 e. The Balaban J connectivity index is 1.64. The highest BCUT2D eigenvalue weighted by atomic mass is 19.4. The highest BCUT2D eigenvalue weighted by molar-refractivity contribution is 6.33. The average Bonchev–Trinajstić information content (AvgIpc) is 3.54. The monoisotopic (exact) mass is 555 g/mol. The molecule has 0 aliphatic carbocycles. The Morgan fingerprint density at radius 3 is 2.50 bits per heavy atom. The molecule has 40 heavy (non-hydrogen) atoms. The van der Waals surface area contributed by atoms with Crippen LogP contribution in [0.25, 0.3) is 22.2 Å². The topological polar surface area (TPSA) is 96.8 Å². The van der Waals surface area contributed by atoms with Crippen LogP contribution in [0, 0.1) is 11.6 Å². The second-order valence-corrected chi connectivity index (χ2v) is 9.14. The lowest BCUT2D eigenvalue weighted by Gasteiger charge is -2.17. The number of hydrogen-bond donors (Lipinski definition) is 0. The Morgan fingerprint density at radius 1 is 1.10 bits per heavy atom. The van der Waals surface area contributed by atoms with Crippen molar-refractivity contribution in [2.24, 2.45) is 15.0 Å². The van der Waals surface area contributed by atoms with E-state index in [1.165, 1.54) is 18.6 Å². The maximum Gasteiger partial charge on any atom is 0.451 e. The van der Waals surface area contributed by atoms with Gasteiger partial charge in [-0.2, -0.15) is 13.2 Å². The summed E-state index contributed by atoms with van der Waals surface area (Å²) in [6, 6.07) is 2.78. The van der Waals surface area contributed by atoms with E-state index in [9.17, 15) is 22.0 Å². The van der Waals surface area contributed by atoms with Crippen molar-refractivity contribution in [1.29, 1.82) is 0 Å². The number of rotatable bonds is 7. The van der Waals surface area contributed by atoms with Crippen LogP contribution in [-0.2, 0) is 6.18 Å². The lowest BCUT2D eigenvalue weighted by molar-refractivity contribution is -0.144. The SMILES string of the molecule is CCC(C1=NC(c2ccc(F)cc2F)N=C1)n1cc(-c2cnc(C(F)(F)F)nc2)c2c(/N=C\N(C)C)ncnc21. The van der Waals surface area contributed by atoms with Gasteiger partial charge in [0.2, 0.25) is 5.82 Å². The largest absolute Gasteiger partial charge is 0.451 e. The number of fused-ring (bicyclic) bond motifs is 1. The zero-order valence-corrected chi connectivity index (χ0v) is 21.5. The maximum absolute atomic E-state index is 14.4. The fourth-order valence-electron chi connectivity index (χ4n) is 4.34. The lowest BCUT2D eigenvalue weighted by atomic mass is 10.1.